The number of hydrogen-bond acceptors (Lipinski definition) is 6. The Balaban J connectivity index is 0.000000271. The number of nitrogen functional groups attached to an aromatic ring is 1. The molecule has 8 heteroatoms. The van der Waals surface area contributed by atoms with Gasteiger partial charge in [0.25, 0.3) is 0 Å². The van der Waals surface area contributed by atoms with Crippen LogP contribution in [0.2, 0.25) is 0 Å². The van der Waals surface area contributed by atoms with Crippen LogP contribution < -0.4 is 22.5 Å². The first-order chi connectivity index (χ1) is 12.7. The first-order valence-electron chi connectivity index (χ1n) is 8.30. The molecule has 9 N–H and O–H groups in total. The molecule has 2 aromatic rings. The van der Waals surface area contributed by atoms with Gasteiger partial charge in [0.2, 0.25) is 0 Å². The number of carboxylic acids is 2. The van der Waals surface area contributed by atoms with Gasteiger partial charge in [0.1, 0.15) is 12.1 Å². The molecular weight excluding hydrogens is 348 g/mol. The molecule has 0 heterocycles. The summed E-state index contributed by atoms with van der Waals surface area (Å²) >= 11 is 0. The SMILES string of the molecule is CNc1ccc(C[C@H](N)C(=O)O)cc1.Nc1ccc(C[C@H](N)C(=O)O)cc1. The minimum absolute atomic E-state index is 0.329. The largest absolute Gasteiger partial charge is 0.480 e. The van der Waals surface area contributed by atoms with Crippen molar-refractivity contribution in [2.45, 2.75) is 24.9 Å². The Kier molecular flexibility index (Phi) is 8.77. The fraction of sp³-hybridized carbons (Fsp3) is 0.263. The number of benzene rings is 2. The van der Waals surface area contributed by atoms with Gasteiger partial charge in [-0.25, -0.2) is 0 Å². The Morgan fingerprint density at radius 3 is 1.56 bits per heavy atom. The van der Waals surface area contributed by atoms with Crippen LogP contribution in [0.5, 0.6) is 0 Å². The lowest BCUT2D eigenvalue weighted by Crippen LogP contribution is -2.32. The van der Waals surface area contributed by atoms with Crippen LogP contribution >= 0.6 is 0 Å². The molecule has 0 radical (unpaired) electrons. The molecule has 0 aliphatic heterocycles. The van der Waals surface area contributed by atoms with E-state index in [-0.39, 0.29) is 0 Å². The fourth-order valence-electron chi connectivity index (χ4n) is 2.14. The van der Waals surface area contributed by atoms with Gasteiger partial charge < -0.3 is 32.7 Å². The second-order valence-corrected chi connectivity index (χ2v) is 5.99. The molecule has 0 aromatic heterocycles. The van der Waals surface area contributed by atoms with E-state index in [1.54, 1.807) is 24.3 Å². The van der Waals surface area contributed by atoms with E-state index in [1.165, 1.54) is 0 Å². The molecule has 27 heavy (non-hydrogen) atoms. The predicted molar refractivity (Wildman–Crippen MR) is 105 cm³/mol. The highest BCUT2D eigenvalue weighted by atomic mass is 16.4. The van der Waals surface area contributed by atoms with E-state index < -0.39 is 24.0 Å². The highest BCUT2D eigenvalue weighted by Crippen LogP contribution is 2.10. The van der Waals surface area contributed by atoms with E-state index in [9.17, 15) is 9.59 Å². The lowest BCUT2D eigenvalue weighted by Gasteiger charge is -2.07. The van der Waals surface area contributed by atoms with Crippen molar-refractivity contribution in [1.82, 2.24) is 0 Å². The Bertz CT molecular complexity index is 732. The maximum atomic E-state index is 10.5. The van der Waals surface area contributed by atoms with Crippen LogP contribution in [0.4, 0.5) is 11.4 Å². The highest BCUT2D eigenvalue weighted by Gasteiger charge is 2.12. The number of carboxylic acid groups (broad SMARTS) is 2. The summed E-state index contributed by atoms with van der Waals surface area (Å²) in [5.74, 6) is -1.96. The van der Waals surface area contributed by atoms with E-state index in [2.05, 4.69) is 5.32 Å². The van der Waals surface area contributed by atoms with Gasteiger partial charge in [-0.1, -0.05) is 24.3 Å². The third-order valence-electron chi connectivity index (χ3n) is 3.77. The van der Waals surface area contributed by atoms with E-state index in [0.29, 0.717) is 18.5 Å². The summed E-state index contributed by atoms with van der Waals surface area (Å²) in [6.45, 7) is 0. The normalized spacial score (nSPS) is 12.3. The predicted octanol–water partition coefficient (Wildman–Crippen LogP) is 0.906. The Hall–Kier alpha value is -3.10. The van der Waals surface area contributed by atoms with Crippen molar-refractivity contribution in [2.24, 2.45) is 11.5 Å². The summed E-state index contributed by atoms with van der Waals surface area (Å²) in [5, 5.41) is 20.1. The quantitative estimate of drug-likeness (QED) is 0.389. The van der Waals surface area contributed by atoms with Gasteiger partial charge in [0, 0.05) is 18.4 Å². The number of nitrogens with one attached hydrogen (secondary N) is 1. The zero-order valence-corrected chi connectivity index (χ0v) is 15.1. The van der Waals surface area contributed by atoms with E-state index in [1.807, 2.05) is 31.3 Å². The third-order valence-corrected chi connectivity index (χ3v) is 3.77. The van der Waals surface area contributed by atoms with Crippen molar-refractivity contribution >= 4 is 23.3 Å². The van der Waals surface area contributed by atoms with Gasteiger partial charge in [-0.2, -0.15) is 0 Å². The second-order valence-electron chi connectivity index (χ2n) is 5.99. The standard InChI is InChI=1S/C10H14N2O2.C9H12N2O2/c1-12-8-4-2-7(3-5-8)6-9(11)10(13)14;10-7-3-1-6(2-4-7)5-8(11)9(12)13/h2-5,9,12H,6,11H2,1H3,(H,13,14);1-4,8H,5,10-11H2,(H,12,13)/t9-;8-/m00/s1. The minimum Gasteiger partial charge on any atom is -0.480 e. The first kappa shape index (κ1) is 21.9. The average Bonchev–Trinajstić information content (AvgIpc) is 2.64. The molecule has 8 nitrogen and oxygen atoms in total. The number of aliphatic carboxylic acids is 2. The van der Waals surface area contributed by atoms with E-state index in [4.69, 9.17) is 27.4 Å². The monoisotopic (exact) mass is 374 g/mol. The van der Waals surface area contributed by atoms with Crippen molar-refractivity contribution in [3.63, 3.8) is 0 Å². The maximum Gasteiger partial charge on any atom is 0.320 e. The van der Waals surface area contributed by atoms with Crippen LogP contribution in [-0.4, -0.2) is 41.3 Å². The van der Waals surface area contributed by atoms with Gasteiger partial charge in [0.15, 0.2) is 0 Å². The Morgan fingerprint density at radius 2 is 1.22 bits per heavy atom. The lowest BCUT2D eigenvalue weighted by atomic mass is 10.1. The number of rotatable bonds is 7. The highest BCUT2D eigenvalue weighted by molar-refractivity contribution is 5.74. The first-order valence-corrected chi connectivity index (χ1v) is 8.30. The topological polar surface area (TPSA) is 165 Å². The summed E-state index contributed by atoms with van der Waals surface area (Å²) in [7, 11) is 1.83. The van der Waals surface area contributed by atoms with Gasteiger partial charge in [-0.3, -0.25) is 9.59 Å². The summed E-state index contributed by atoms with van der Waals surface area (Å²) in [6.07, 6.45) is 0.689. The van der Waals surface area contributed by atoms with Gasteiger partial charge >= 0.3 is 11.9 Å². The summed E-state index contributed by atoms with van der Waals surface area (Å²) in [6, 6.07) is 12.9. The maximum absolute atomic E-state index is 10.5. The van der Waals surface area contributed by atoms with Gasteiger partial charge in [-0.05, 0) is 48.2 Å². The van der Waals surface area contributed by atoms with Crippen LogP contribution in [0.25, 0.3) is 0 Å². The van der Waals surface area contributed by atoms with Gasteiger partial charge in [0.05, 0.1) is 0 Å². The fourth-order valence-corrected chi connectivity index (χ4v) is 2.14. The molecule has 2 aromatic carbocycles. The molecule has 2 rings (SSSR count). The average molecular weight is 374 g/mol. The smallest absolute Gasteiger partial charge is 0.320 e. The molecule has 0 saturated heterocycles. The lowest BCUT2D eigenvalue weighted by molar-refractivity contribution is -0.139. The van der Waals surface area contributed by atoms with Crippen LogP contribution in [0, 0.1) is 0 Å². The van der Waals surface area contributed by atoms with E-state index in [0.717, 1.165) is 16.8 Å². The molecule has 0 spiro atoms. The molecule has 0 aliphatic carbocycles. The Morgan fingerprint density at radius 1 is 0.852 bits per heavy atom. The molecule has 0 unspecified atom stereocenters. The molecule has 2 atom stereocenters. The van der Waals surface area contributed by atoms with Crippen LogP contribution in [-0.2, 0) is 22.4 Å². The van der Waals surface area contributed by atoms with Crippen molar-refractivity contribution in [2.75, 3.05) is 18.1 Å². The van der Waals surface area contributed by atoms with Crippen molar-refractivity contribution in [1.29, 1.82) is 0 Å². The molecule has 0 bridgehead atoms. The van der Waals surface area contributed by atoms with E-state index >= 15 is 0 Å². The molecule has 0 aliphatic rings. The number of nitrogens with two attached hydrogens (primary N) is 3. The summed E-state index contributed by atoms with van der Waals surface area (Å²) in [5.41, 5.74) is 19.7. The second kappa shape index (κ2) is 10.8. The minimum atomic E-state index is -0.989. The van der Waals surface area contributed by atoms with Crippen molar-refractivity contribution in [3.8, 4) is 0 Å². The van der Waals surface area contributed by atoms with Crippen molar-refractivity contribution < 1.29 is 19.8 Å². The van der Waals surface area contributed by atoms with Gasteiger partial charge in [-0.15, -0.1) is 0 Å². The molecule has 0 amide bonds. The zero-order valence-electron chi connectivity index (χ0n) is 15.1. The number of hydrogen-bond donors (Lipinski definition) is 6. The third kappa shape index (κ3) is 8.21. The molecule has 0 fully saturated rings. The molecule has 0 saturated carbocycles. The van der Waals surface area contributed by atoms with Crippen LogP contribution in [0.1, 0.15) is 11.1 Å². The van der Waals surface area contributed by atoms with Crippen molar-refractivity contribution in [3.05, 3.63) is 59.7 Å². The number of carbonyl (C=O) groups is 2. The summed E-state index contributed by atoms with van der Waals surface area (Å²) in [4.78, 5) is 20.9. The van der Waals surface area contributed by atoms with Crippen LogP contribution in [0.15, 0.2) is 48.5 Å². The van der Waals surface area contributed by atoms with Crippen LogP contribution in [0.3, 0.4) is 0 Å². The molecule has 146 valence electrons. The zero-order chi connectivity index (χ0) is 20.4. The Labute approximate surface area is 158 Å². The molecular formula is C19H26N4O4. The number of anilines is 2. The summed E-state index contributed by atoms with van der Waals surface area (Å²) < 4.78 is 0.